The Morgan fingerprint density at radius 2 is 2.04 bits per heavy atom. The highest BCUT2D eigenvalue weighted by molar-refractivity contribution is 7.99. The molecule has 1 aromatic heterocycles. The maximum absolute atomic E-state index is 13.4. The summed E-state index contributed by atoms with van der Waals surface area (Å²) in [5.41, 5.74) is 1.51. The number of hydrogen-bond donors (Lipinski definition) is 1. The van der Waals surface area contributed by atoms with Gasteiger partial charge in [-0.25, -0.2) is 4.39 Å². The van der Waals surface area contributed by atoms with E-state index in [-0.39, 0.29) is 12.4 Å². The summed E-state index contributed by atoms with van der Waals surface area (Å²) in [7, 11) is 1.62. The Hall–Kier alpha value is -2.49. The number of ether oxygens (including phenoxy) is 2. The summed E-state index contributed by atoms with van der Waals surface area (Å²) in [6, 6.07) is 13.5. The van der Waals surface area contributed by atoms with Crippen molar-refractivity contribution >= 4 is 11.8 Å². The molecule has 1 atom stereocenters. The van der Waals surface area contributed by atoms with Gasteiger partial charge in [0.15, 0.2) is 0 Å². The first-order valence-corrected chi connectivity index (χ1v) is 9.20. The summed E-state index contributed by atoms with van der Waals surface area (Å²) < 4.78 is 25.5. The minimum absolute atomic E-state index is 0.181. The molecule has 0 aliphatic heterocycles. The number of benzene rings is 2. The molecule has 2 aromatic carbocycles. The maximum Gasteiger partial charge on any atom is 0.214 e. The van der Waals surface area contributed by atoms with Gasteiger partial charge in [0, 0.05) is 5.75 Å². The van der Waals surface area contributed by atoms with Crippen LogP contribution in [0.25, 0.3) is 5.69 Å². The Kier molecular flexibility index (Phi) is 6.74. The van der Waals surface area contributed by atoms with E-state index in [9.17, 15) is 9.50 Å². The highest BCUT2D eigenvalue weighted by Gasteiger charge is 2.13. The third-order valence-corrected chi connectivity index (χ3v) is 4.70. The molecule has 0 saturated carbocycles. The predicted octanol–water partition coefficient (Wildman–Crippen LogP) is 2.48. The normalized spacial score (nSPS) is 12.1. The summed E-state index contributed by atoms with van der Waals surface area (Å²) in [5, 5.41) is 22.0. The van der Waals surface area contributed by atoms with Gasteiger partial charge in [0.05, 0.1) is 32.1 Å². The minimum Gasteiger partial charge on any atom is -0.497 e. The van der Waals surface area contributed by atoms with Crippen molar-refractivity contribution in [2.75, 3.05) is 19.5 Å². The van der Waals surface area contributed by atoms with Gasteiger partial charge in [-0.3, -0.25) is 0 Å². The molecule has 0 fully saturated rings. The van der Waals surface area contributed by atoms with Crippen LogP contribution in [0.15, 0.2) is 53.7 Å². The van der Waals surface area contributed by atoms with Crippen molar-refractivity contribution in [3.8, 4) is 11.4 Å². The van der Waals surface area contributed by atoms with E-state index in [2.05, 4.69) is 15.5 Å². The number of nitrogens with zero attached hydrogens (tertiary/aromatic N) is 4. The summed E-state index contributed by atoms with van der Waals surface area (Å²) in [4.78, 5) is 0. The van der Waals surface area contributed by atoms with Crippen LogP contribution in [0.4, 0.5) is 4.39 Å². The molecule has 27 heavy (non-hydrogen) atoms. The van der Waals surface area contributed by atoms with Gasteiger partial charge < -0.3 is 14.6 Å². The number of thioether (sulfide) groups is 1. The lowest BCUT2D eigenvalue weighted by Gasteiger charge is -2.11. The number of methoxy groups -OCH3 is 1. The van der Waals surface area contributed by atoms with Gasteiger partial charge in [-0.05, 0) is 46.3 Å². The fourth-order valence-corrected chi connectivity index (χ4v) is 3.09. The van der Waals surface area contributed by atoms with Gasteiger partial charge in [0.1, 0.15) is 11.6 Å². The van der Waals surface area contributed by atoms with Crippen molar-refractivity contribution in [3.05, 3.63) is 59.9 Å². The molecule has 0 unspecified atom stereocenters. The number of aliphatic hydroxyl groups excluding tert-OH is 1. The monoisotopic (exact) mass is 390 g/mol. The quantitative estimate of drug-likeness (QED) is 0.562. The summed E-state index contributed by atoms with van der Waals surface area (Å²) in [6.07, 6.45) is -0.689. The fraction of sp³-hybridized carbons (Fsp3) is 0.278. The number of rotatable bonds is 9. The van der Waals surface area contributed by atoms with Crippen LogP contribution < -0.4 is 4.74 Å². The van der Waals surface area contributed by atoms with E-state index in [1.54, 1.807) is 19.2 Å². The molecule has 3 aromatic rings. The second-order valence-electron chi connectivity index (χ2n) is 5.68. The minimum atomic E-state index is -0.689. The van der Waals surface area contributed by atoms with Crippen LogP contribution >= 0.6 is 11.8 Å². The van der Waals surface area contributed by atoms with Gasteiger partial charge in [-0.2, -0.15) is 4.68 Å². The molecule has 1 N–H and O–H groups in total. The first kappa shape index (κ1) is 19.3. The Morgan fingerprint density at radius 3 is 2.78 bits per heavy atom. The zero-order chi connectivity index (χ0) is 19.1. The van der Waals surface area contributed by atoms with Crippen LogP contribution in [-0.4, -0.2) is 50.9 Å². The lowest BCUT2D eigenvalue weighted by atomic mass is 10.2. The van der Waals surface area contributed by atoms with Crippen molar-refractivity contribution in [2.45, 2.75) is 17.9 Å². The van der Waals surface area contributed by atoms with Crippen molar-refractivity contribution in [3.63, 3.8) is 0 Å². The average molecular weight is 390 g/mol. The van der Waals surface area contributed by atoms with Gasteiger partial charge >= 0.3 is 0 Å². The molecule has 7 nitrogen and oxygen atoms in total. The highest BCUT2D eigenvalue weighted by Crippen LogP contribution is 2.19. The van der Waals surface area contributed by atoms with E-state index in [4.69, 9.17) is 9.47 Å². The molecular formula is C18H19FN4O3S. The Bertz CT molecular complexity index is 860. The highest BCUT2D eigenvalue weighted by atomic mass is 32.2. The molecule has 0 bridgehead atoms. The number of tetrazole rings is 1. The van der Waals surface area contributed by atoms with E-state index in [1.807, 2.05) is 24.3 Å². The maximum atomic E-state index is 13.4. The SMILES string of the molecule is COc1ccc(COC[C@@H](O)CSc2nnnn2-c2cccc(F)c2)cc1. The molecule has 0 amide bonds. The Labute approximate surface area is 160 Å². The average Bonchev–Trinajstić information content (AvgIpc) is 3.15. The topological polar surface area (TPSA) is 82.3 Å². The summed E-state index contributed by atoms with van der Waals surface area (Å²) in [5.74, 6) is 0.760. The van der Waals surface area contributed by atoms with Crippen LogP contribution in [0.5, 0.6) is 5.75 Å². The molecule has 3 rings (SSSR count). The fourth-order valence-electron chi connectivity index (χ4n) is 2.29. The third-order valence-electron chi connectivity index (χ3n) is 3.64. The standard InChI is InChI=1S/C18H19FN4O3S/c1-25-17-7-5-13(6-8-17)10-26-11-16(24)12-27-18-20-21-22-23(18)15-4-2-3-14(19)9-15/h2-9,16,24H,10-12H2,1H3/t16-/m1/s1. The van der Waals surface area contributed by atoms with Crippen LogP contribution in [-0.2, 0) is 11.3 Å². The van der Waals surface area contributed by atoms with Gasteiger partial charge in [-0.15, -0.1) is 5.10 Å². The van der Waals surface area contributed by atoms with Crippen molar-refractivity contribution in [1.82, 2.24) is 20.2 Å². The first-order chi connectivity index (χ1) is 13.2. The number of aromatic nitrogens is 4. The first-order valence-electron chi connectivity index (χ1n) is 8.21. The zero-order valence-corrected chi connectivity index (χ0v) is 15.5. The van der Waals surface area contributed by atoms with Gasteiger partial charge in [-0.1, -0.05) is 30.0 Å². The smallest absolute Gasteiger partial charge is 0.214 e. The Balaban J connectivity index is 1.47. The second kappa shape index (κ2) is 9.45. The van der Waals surface area contributed by atoms with Gasteiger partial charge in [0.25, 0.3) is 0 Å². The third kappa shape index (κ3) is 5.49. The Morgan fingerprint density at radius 1 is 1.22 bits per heavy atom. The predicted molar refractivity (Wildman–Crippen MR) is 98.5 cm³/mol. The lowest BCUT2D eigenvalue weighted by molar-refractivity contribution is 0.0397. The molecule has 0 aliphatic carbocycles. The molecule has 1 heterocycles. The van der Waals surface area contributed by atoms with Crippen LogP contribution in [0.2, 0.25) is 0 Å². The number of aliphatic hydroxyl groups is 1. The molecular weight excluding hydrogens is 371 g/mol. The zero-order valence-electron chi connectivity index (χ0n) is 14.7. The molecule has 0 spiro atoms. The van der Waals surface area contributed by atoms with Crippen LogP contribution in [0, 0.1) is 5.82 Å². The lowest BCUT2D eigenvalue weighted by Crippen LogP contribution is -2.18. The van der Waals surface area contributed by atoms with E-state index < -0.39 is 6.10 Å². The largest absolute Gasteiger partial charge is 0.497 e. The van der Waals surface area contributed by atoms with Crippen molar-refractivity contribution < 1.29 is 19.0 Å². The summed E-state index contributed by atoms with van der Waals surface area (Å²) >= 11 is 1.27. The molecule has 0 aliphatic rings. The molecule has 142 valence electrons. The molecule has 9 heteroatoms. The van der Waals surface area contributed by atoms with E-state index in [1.165, 1.54) is 28.6 Å². The van der Waals surface area contributed by atoms with Crippen molar-refractivity contribution in [1.29, 1.82) is 0 Å². The molecule has 0 saturated heterocycles. The van der Waals surface area contributed by atoms with E-state index >= 15 is 0 Å². The second-order valence-corrected chi connectivity index (χ2v) is 6.67. The van der Waals surface area contributed by atoms with E-state index in [0.717, 1.165) is 11.3 Å². The molecule has 0 radical (unpaired) electrons. The van der Waals surface area contributed by atoms with Crippen LogP contribution in [0.1, 0.15) is 5.56 Å². The summed E-state index contributed by atoms with van der Waals surface area (Å²) in [6.45, 7) is 0.577. The van der Waals surface area contributed by atoms with Crippen LogP contribution in [0.3, 0.4) is 0 Å². The van der Waals surface area contributed by atoms with Gasteiger partial charge in [0.2, 0.25) is 5.16 Å². The number of hydrogen-bond acceptors (Lipinski definition) is 7. The van der Waals surface area contributed by atoms with Crippen molar-refractivity contribution in [2.24, 2.45) is 0 Å². The number of halogens is 1. The van der Waals surface area contributed by atoms with E-state index in [0.29, 0.717) is 23.2 Å².